The fraction of sp³-hybridized carbons (Fsp3) is 0.387. The first-order chi connectivity index (χ1) is 18.4. The summed E-state index contributed by atoms with van der Waals surface area (Å²) in [5.74, 6) is -1.99. The van der Waals surface area contributed by atoms with Crippen molar-refractivity contribution < 1.29 is 24.2 Å². The number of ether oxygens (including phenoxy) is 1. The molecular formula is C31H40N2O5. The van der Waals surface area contributed by atoms with E-state index in [1.807, 2.05) is 60.7 Å². The summed E-state index contributed by atoms with van der Waals surface area (Å²) >= 11 is 0. The number of esters is 1. The number of carbonyl (C=O) groups is 3. The second-order valence-electron chi connectivity index (χ2n) is 9.43. The molecule has 0 bridgehead atoms. The van der Waals surface area contributed by atoms with Crippen LogP contribution < -0.4 is 10.6 Å². The van der Waals surface area contributed by atoms with Gasteiger partial charge in [0.1, 0.15) is 6.61 Å². The first-order valence-electron chi connectivity index (χ1n) is 13.1. The molecule has 4 atom stereocenters. The molecule has 0 unspecified atom stereocenters. The Morgan fingerprint density at radius 2 is 1.61 bits per heavy atom. The molecule has 2 amide bonds. The molecule has 2 aromatic carbocycles. The van der Waals surface area contributed by atoms with E-state index in [-0.39, 0.29) is 43.3 Å². The molecule has 0 spiro atoms. The van der Waals surface area contributed by atoms with Crippen LogP contribution in [0.5, 0.6) is 0 Å². The van der Waals surface area contributed by atoms with E-state index in [0.717, 1.165) is 11.1 Å². The number of carbonyl (C=O) groups excluding carboxylic acids is 3. The Labute approximate surface area is 226 Å². The van der Waals surface area contributed by atoms with Gasteiger partial charge in [0.2, 0.25) is 11.8 Å². The lowest BCUT2D eigenvalue weighted by Gasteiger charge is -2.24. The molecule has 204 valence electrons. The van der Waals surface area contributed by atoms with E-state index < -0.39 is 18.0 Å². The summed E-state index contributed by atoms with van der Waals surface area (Å²) in [5.41, 5.74) is 1.84. The normalized spacial score (nSPS) is 13.8. The fourth-order valence-corrected chi connectivity index (χ4v) is 4.09. The summed E-state index contributed by atoms with van der Waals surface area (Å²) in [7, 11) is 0. The SMILES string of the molecule is C=CCC[C@H](Cc1ccccc1)C(=O)OC[C@@H](NC(=O)[C@@H](CC=C)CC(=O)N[C@@H](C)CO)c1ccccc1. The molecule has 0 aliphatic heterocycles. The van der Waals surface area contributed by atoms with Crippen LogP contribution in [0, 0.1) is 11.8 Å². The maximum Gasteiger partial charge on any atom is 0.309 e. The Hall–Kier alpha value is -3.71. The molecule has 0 aliphatic carbocycles. The Morgan fingerprint density at radius 3 is 2.21 bits per heavy atom. The van der Waals surface area contributed by atoms with Crippen LogP contribution in [-0.2, 0) is 25.5 Å². The van der Waals surface area contributed by atoms with Crippen molar-refractivity contribution in [2.45, 2.75) is 51.1 Å². The van der Waals surface area contributed by atoms with Gasteiger partial charge in [-0.2, -0.15) is 0 Å². The van der Waals surface area contributed by atoms with E-state index in [9.17, 15) is 19.5 Å². The van der Waals surface area contributed by atoms with Crippen molar-refractivity contribution >= 4 is 17.8 Å². The van der Waals surface area contributed by atoms with E-state index in [0.29, 0.717) is 25.7 Å². The van der Waals surface area contributed by atoms with Crippen molar-refractivity contribution in [2.75, 3.05) is 13.2 Å². The van der Waals surface area contributed by atoms with Crippen molar-refractivity contribution in [1.82, 2.24) is 10.6 Å². The van der Waals surface area contributed by atoms with Gasteiger partial charge in [0.15, 0.2) is 0 Å². The Bertz CT molecular complexity index is 1030. The number of rotatable bonds is 17. The quantitative estimate of drug-likeness (QED) is 0.213. The predicted molar refractivity (Wildman–Crippen MR) is 149 cm³/mol. The number of hydrogen-bond acceptors (Lipinski definition) is 5. The largest absolute Gasteiger partial charge is 0.463 e. The number of nitrogens with one attached hydrogen (secondary N) is 2. The number of allylic oxidation sites excluding steroid dienone is 2. The summed E-state index contributed by atoms with van der Waals surface area (Å²) in [6.45, 7) is 8.94. The molecule has 0 saturated heterocycles. The molecule has 0 aromatic heterocycles. The zero-order chi connectivity index (χ0) is 27.8. The van der Waals surface area contributed by atoms with Crippen LogP contribution in [0.4, 0.5) is 0 Å². The van der Waals surface area contributed by atoms with E-state index in [1.54, 1.807) is 19.1 Å². The lowest BCUT2D eigenvalue weighted by Crippen LogP contribution is -2.41. The van der Waals surface area contributed by atoms with Crippen LogP contribution in [0.25, 0.3) is 0 Å². The molecule has 2 aromatic rings. The minimum atomic E-state index is -0.654. The smallest absolute Gasteiger partial charge is 0.309 e. The standard InChI is InChI=1S/C31H40N2O5/c1-4-6-16-27(19-24-14-9-7-10-15-24)31(37)38-22-28(25-17-11-8-12-18-25)33-30(36)26(13-5-2)20-29(35)32-23(3)21-34/h4-5,7-12,14-15,17-18,23,26-28,34H,1-2,6,13,16,19-22H2,3H3,(H,32,35)(H,33,36)/t23-,26-,27+,28+/m0/s1. The van der Waals surface area contributed by atoms with Crippen LogP contribution >= 0.6 is 0 Å². The van der Waals surface area contributed by atoms with Gasteiger partial charge in [0, 0.05) is 12.5 Å². The highest BCUT2D eigenvalue weighted by Gasteiger charge is 2.27. The van der Waals surface area contributed by atoms with Crippen LogP contribution in [0.15, 0.2) is 86.0 Å². The summed E-state index contributed by atoms with van der Waals surface area (Å²) < 4.78 is 5.76. The monoisotopic (exact) mass is 520 g/mol. The molecular weight excluding hydrogens is 480 g/mol. The minimum Gasteiger partial charge on any atom is -0.463 e. The van der Waals surface area contributed by atoms with E-state index in [1.165, 1.54) is 0 Å². The van der Waals surface area contributed by atoms with Gasteiger partial charge in [-0.3, -0.25) is 14.4 Å². The third-order valence-corrected chi connectivity index (χ3v) is 6.22. The minimum absolute atomic E-state index is 0.0392. The van der Waals surface area contributed by atoms with Crippen LogP contribution in [0.2, 0.25) is 0 Å². The second kappa shape index (κ2) is 16.9. The number of hydrogen-bond donors (Lipinski definition) is 3. The summed E-state index contributed by atoms with van der Waals surface area (Å²) in [6, 6.07) is 18.1. The zero-order valence-electron chi connectivity index (χ0n) is 22.2. The number of aliphatic hydroxyl groups is 1. The number of aliphatic hydroxyl groups excluding tert-OH is 1. The van der Waals surface area contributed by atoms with Crippen molar-refractivity contribution in [3.05, 3.63) is 97.1 Å². The molecule has 0 aliphatic rings. The number of amides is 2. The Kier molecular flexibility index (Phi) is 13.6. The summed E-state index contributed by atoms with van der Waals surface area (Å²) in [4.78, 5) is 38.7. The van der Waals surface area contributed by atoms with E-state index >= 15 is 0 Å². The molecule has 2 rings (SSSR count). The highest BCUT2D eigenvalue weighted by Crippen LogP contribution is 2.20. The van der Waals surface area contributed by atoms with Gasteiger partial charge in [-0.25, -0.2) is 0 Å². The predicted octanol–water partition coefficient (Wildman–Crippen LogP) is 4.29. The average molecular weight is 521 g/mol. The Morgan fingerprint density at radius 1 is 0.947 bits per heavy atom. The third-order valence-electron chi connectivity index (χ3n) is 6.22. The second-order valence-corrected chi connectivity index (χ2v) is 9.43. The molecule has 3 N–H and O–H groups in total. The molecule has 0 saturated carbocycles. The maximum absolute atomic E-state index is 13.2. The zero-order valence-corrected chi connectivity index (χ0v) is 22.2. The van der Waals surface area contributed by atoms with Crippen molar-refractivity contribution in [3.63, 3.8) is 0 Å². The first kappa shape index (κ1) is 30.5. The van der Waals surface area contributed by atoms with Crippen molar-refractivity contribution in [1.29, 1.82) is 0 Å². The fourth-order valence-electron chi connectivity index (χ4n) is 4.09. The van der Waals surface area contributed by atoms with Crippen molar-refractivity contribution in [2.24, 2.45) is 11.8 Å². The molecule has 7 heteroatoms. The molecule has 0 fully saturated rings. The van der Waals surface area contributed by atoms with E-state index in [2.05, 4.69) is 23.8 Å². The lowest BCUT2D eigenvalue weighted by atomic mass is 9.95. The highest BCUT2D eigenvalue weighted by atomic mass is 16.5. The van der Waals surface area contributed by atoms with Crippen LogP contribution in [-0.4, -0.2) is 42.1 Å². The van der Waals surface area contributed by atoms with Crippen molar-refractivity contribution in [3.8, 4) is 0 Å². The van der Waals surface area contributed by atoms with Gasteiger partial charge in [0.25, 0.3) is 0 Å². The van der Waals surface area contributed by atoms with Gasteiger partial charge in [-0.15, -0.1) is 13.2 Å². The Balaban J connectivity index is 2.12. The molecule has 38 heavy (non-hydrogen) atoms. The summed E-state index contributed by atoms with van der Waals surface area (Å²) in [6.07, 6.45) is 5.49. The third kappa shape index (κ3) is 10.7. The highest BCUT2D eigenvalue weighted by molar-refractivity contribution is 5.86. The average Bonchev–Trinajstić information content (AvgIpc) is 2.93. The first-order valence-corrected chi connectivity index (χ1v) is 13.1. The number of benzene rings is 2. The van der Waals surface area contributed by atoms with E-state index in [4.69, 9.17) is 4.74 Å². The summed E-state index contributed by atoms with van der Waals surface area (Å²) in [5, 5.41) is 14.8. The van der Waals surface area contributed by atoms with Gasteiger partial charge < -0.3 is 20.5 Å². The maximum atomic E-state index is 13.2. The lowest BCUT2D eigenvalue weighted by molar-refractivity contribution is -0.150. The van der Waals surface area contributed by atoms with Gasteiger partial charge in [-0.05, 0) is 43.7 Å². The van der Waals surface area contributed by atoms with Crippen LogP contribution in [0.3, 0.4) is 0 Å². The van der Waals surface area contributed by atoms with Gasteiger partial charge in [0.05, 0.1) is 24.5 Å². The molecule has 0 heterocycles. The topological polar surface area (TPSA) is 105 Å². The molecule has 7 nitrogen and oxygen atoms in total. The van der Waals surface area contributed by atoms with Crippen LogP contribution in [0.1, 0.15) is 49.8 Å². The van der Waals surface area contributed by atoms with Gasteiger partial charge in [-0.1, -0.05) is 72.8 Å². The molecule has 0 radical (unpaired) electrons. The van der Waals surface area contributed by atoms with Gasteiger partial charge >= 0.3 is 5.97 Å².